The molecule has 0 aromatic heterocycles. The highest BCUT2D eigenvalue weighted by atomic mass is 19.4. The van der Waals surface area contributed by atoms with Crippen LogP contribution in [-0.2, 0) is 14.4 Å². The van der Waals surface area contributed by atoms with Crippen molar-refractivity contribution in [1.82, 2.24) is 5.32 Å². The molecular formula is C23H17F13N2O6. The molecule has 4 N–H and O–H groups in total. The van der Waals surface area contributed by atoms with Crippen LogP contribution in [0.15, 0.2) is 0 Å². The minimum Gasteiger partial charge on any atom is -0.480 e. The molecule has 0 spiro atoms. The minimum absolute atomic E-state index is 0.0750. The van der Waals surface area contributed by atoms with Crippen molar-refractivity contribution < 1.29 is 86.0 Å². The van der Waals surface area contributed by atoms with Crippen molar-refractivity contribution in [3.8, 4) is 11.5 Å². The third-order valence-corrected chi connectivity index (χ3v) is 4.90. The maximum atomic E-state index is 13.3. The van der Waals surface area contributed by atoms with E-state index in [0.29, 0.717) is 19.4 Å². The van der Waals surface area contributed by atoms with Crippen molar-refractivity contribution in [2.75, 3.05) is 19.8 Å². The number of nitrogens with two attached hydrogens (primary N) is 1. The van der Waals surface area contributed by atoms with Gasteiger partial charge in [-0.1, -0.05) is 0 Å². The first-order valence-corrected chi connectivity index (χ1v) is 11.4. The molecule has 246 valence electrons. The zero-order chi connectivity index (χ0) is 34.1. The number of hydrogen-bond donors (Lipinski definition) is 3. The molecule has 1 atom stereocenters. The predicted octanol–water partition coefficient (Wildman–Crippen LogP) is 4.35. The number of carboxylic acid groups (broad SMARTS) is 1. The van der Waals surface area contributed by atoms with E-state index < -0.39 is 113 Å². The van der Waals surface area contributed by atoms with Gasteiger partial charge in [0.05, 0.1) is 0 Å². The second kappa shape index (κ2) is 16.0. The van der Waals surface area contributed by atoms with Crippen molar-refractivity contribution in [3.63, 3.8) is 0 Å². The lowest BCUT2D eigenvalue weighted by Crippen LogP contribution is -2.46. The number of nitrogens with one attached hydrogen (secondary N) is 1. The third-order valence-electron chi connectivity index (χ3n) is 4.90. The van der Waals surface area contributed by atoms with Crippen LogP contribution in [0.5, 0.6) is 11.5 Å². The largest absolute Gasteiger partial charge is 0.480 e. The number of benzene rings is 2. The van der Waals surface area contributed by atoms with Crippen LogP contribution in [0.3, 0.4) is 0 Å². The molecule has 21 heteroatoms. The van der Waals surface area contributed by atoms with Gasteiger partial charge in [0, 0.05) is 0 Å². The van der Waals surface area contributed by atoms with Crippen LogP contribution in [0.4, 0.5) is 57.1 Å². The summed E-state index contributed by atoms with van der Waals surface area (Å²) in [5.74, 6) is -32.8. The molecular weight excluding hydrogens is 647 g/mol. The Bertz CT molecular complexity index is 1250. The van der Waals surface area contributed by atoms with E-state index in [1.165, 1.54) is 5.32 Å². The van der Waals surface area contributed by atoms with Gasteiger partial charge in [-0.05, 0) is 25.8 Å². The summed E-state index contributed by atoms with van der Waals surface area (Å²) in [6.07, 6.45) is -4.31. The fourth-order valence-electron chi connectivity index (χ4n) is 2.76. The number of carboxylic acids is 1. The van der Waals surface area contributed by atoms with Crippen molar-refractivity contribution in [3.05, 3.63) is 58.2 Å². The van der Waals surface area contributed by atoms with Gasteiger partial charge < -0.3 is 25.6 Å². The van der Waals surface area contributed by atoms with Gasteiger partial charge in [0.25, 0.3) is 0 Å². The first kappa shape index (κ1) is 37.7. The number of ether oxygens (including phenoxy) is 2. The van der Waals surface area contributed by atoms with E-state index >= 15 is 0 Å². The van der Waals surface area contributed by atoms with Gasteiger partial charge in [0.15, 0.2) is 24.7 Å². The zero-order valence-corrected chi connectivity index (χ0v) is 21.3. The molecule has 2 aromatic rings. The van der Waals surface area contributed by atoms with Gasteiger partial charge in [-0.2, -0.15) is 30.7 Å². The Morgan fingerprint density at radius 1 is 0.659 bits per heavy atom. The number of aliphatic carboxylic acids is 1. The summed E-state index contributed by atoms with van der Waals surface area (Å²) in [5, 5.41) is 9.98. The molecule has 0 aliphatic heterocycles. The molecule has 0 aliphatic carbocycles. The number of rotatable bonds is 12. The van der Waals surface area contributed by atoms with Gasteiger partial charge in [0.1, 0.15) is 6.04 Å². The van der Waals surface area contributed by atoms with Gasteiger partial charge in [-0.3, -0.25) is 9.59 Å². The van der Waals surface area contributed by atoms with E-state index in [2.05, 4.69) is 9.47 Å². The molecule has 0 saturated heterocycles. The Hall–Kier alpha value is -4.30. The first-order valence-electron chi connectivity index (χ1n) is 11.4. The Balaban J connectivity index is 0.000000517. The first-order chi connectivity index (χ1) is 20.3. The van der Waals surface area contributed by atoms with E-state index in [1.54, 1.807) is 0 Å². The second-order valence-electron chi connectivity index (χ2n) is 8.06. The van der Waals surface area contributed by atoms with Crippen LogP contribution in [0.1, 0.15) is 19.3 Å². The van der Waals surface area contributed by atoms with E-state index in [9.17, 15) is 71.5 Å². The molecule has 0 aliphatic rings. The number of carbonyl (C=O) groups is 3. The average molecular weight is 664 g/mol. The lowest BCUT2D eigenvalue weighted by atomic mass is 10.1. The van der Waals surface area contributed by atoms with E-state index in [4.69, 9.17) is 10.8 Å². The van der Waals surface area contributed by atoms with Crippen LogP contribution < -0.4 is 20.5 Å². The molecule has 0 radical (unpaired) electrons. The molecule has 0 bridgehead atoms. The summed E-state index contributed by atoms with van der Waals surface area (Å²) >= 11 is 0. The van der Waals surface area contributed by atoms with Crippen LogP contribution in [-0.4, -0.2) is 54.7 Å². The van der Waals surface area contributed by atoms with Crippen molar-refractivity contribution in [1.29, 1.82) is 0 Å². The van der Waals surface area contributed by atoms with Crippen LogP contribution in [0, 0.1) is 58.2 Å². The number of Topliss-reactive ketones (excluding diaryl/α,β-unsaturated/α-hetero) is 1. The lowest BCUT2D eigenvalue weighted by Gasteiger charge is -2.15. The van der Waals surface area contributed by atoms with Crippen molar-refractivity contribution in [2.45, 2.75) is 31.5 Å². The van der Waals surface area contributed by atoms with E-state index in [-0.39, 0.29) is 6.42 Å². The minimum atomic E-state index is -5.07. The Morgan fingerprint density at radius 2 is 1.00 bits per heavy atom. The highest BCUT2D eigenvalue weighted by Crippen LogP contribution is 2.30. The number of hydrogen-bond acceptors (Lipinski definition) is 6. The number of alkyl halides is 3. The van der Waals surface area contributed by atoms with Gasteiger partial charge in [-0.15, -0.1) is 0 Å². The molecule has 44 heavy (non-hydrogen) atoms. The molecule has 8 nitrogen and oxygen atoms in total. The number of unbranched alkanes of at least 4 members (excludes halogenated alkanes) is 1. The summed E-state index contributed by atoms with van der Waals surface area (Å²) in [6.45, 7) is -2.53. The standard InChI is InChI=1S/C15H4F10O3.C8H13F3N2O3/c16-4-6(18)10(22)14(11(23)7(4)19)27-1-3(26)2-28-15-12(24)8(20)5(17)9(21)13(15)25;9-8(10,11)7(16)13-5(6(14)15)3-1-2-4-12/h1-2H2;5H,1-4,12H2,(H,13,16)(H,14,15)/t;5-/m.0/s1. The summed E-state index contributed by atoms with van der Waals surface area (Å²) in [5.41, 5.74) is 5.15. The summed E-state index contributed by atoms with van der Waals surface area (Å²) in [7, 11) is 0. The Labute approximate surface area is 236 Å². The fourth-order valence-corrected chi connectivity index (χ4v) is 2.76. The average Bonchev–Trinajstić information content (AvgIpc) is 2.96. The Morgan fingerprint density at radius 3 is 1.30 bits per heavy atom. The predicted molar refractivity (Wildman–Crippen MR) is 117 cm³/mol. The highest BCUT2D eigenvalue weighted by Gasteiger charge is 2.40. The normalized spacial score (nSPS) is 11.8. The zero-order valence-electron chi connectivity index (χ0n) is 21.3. The van der Waals surface area contributed by atoms with E-state index in [1.807, 2.05) is 0 Å². The maximum Gasteiger partial charge on any atom is 0.471 e. The molecule has 0 unspecified atom stereocenters. The SMILES string of the molecule is NCCCC[C@H](NC(=O)C(F)(F)F)C(=O)O.O=C(COc1c(F)c(F)c(F)c(F)c1F)COc1c(F)c(F)c(F)c(F)c1F. The lowest BCUT2D eigenvalue weighted by molar-refractivity contribution is -0.175. The van der Waals surface area contributed by atoms with Gasteiger partial charge in [0.2, 0.25) is 64.0 Å². The fraction of sp³-hybridized carbons (Fsp3) is 0.348. The third kappa shape index (κ3) is 9.61. The summed E-state index contributed by atoms with van der Waals surface area (Å²) in [4.78, 5) is 32.5. The highest BCUT2D eigenvalue weighted by molar-refractivity contribution is 5.86. The molecule has 0 saturated carbocycles. The summed E-state index contributed by atoms with van der Waals surface area (Å²) in [6, 6.07) is -1.53. The van der Waals surface area contributed by atoms with Crippen LogP contribution in [0.25, 0.3) is 0 Å². The van der Waals surface area contributed by atoms with Gasteiger partial charge >= 0.3 is 18.1 Å². The smallest absolute Gasteiger partial charge is 0.471 e. The van der Waals surface area contributed by atoms with Gasteiger partial charge in [-0.25, -0.2) is 31.1 Å². The quantitative estimate of drug-likeness (QED) is 0.133. The summed E-state index contributed by atoms with van der Waals surface area (Å²) < 4.78 is 175. The number of carbonyl (C=O) groups excluding carboxylic acids is 2. The molecule has 2 rings (SSSR count). The molecule has 2 aromatic carbocycles. The van der Waals surface area contributed by atoms with Crippen LogP contribution >= 0.6 is 0 Å². The molecule has 1 amide bonds. The number of ketones is 1. The topological polar surface area (TPSA) is 128 Å². The maximum absolute atomic E-state index is 13.3. The molecule has 0 fully saturated rings. The second-order valence-corrected chi connectivity index (χ2v) is 8.06. The van der Waals surface area contributed by atoms with Crippen molar-refractivity contribution >= 4 is 17.7 Å². The van der Waals surface area contributed by atoms with Crippen molar-refractivity contribution in [2.24, 2.45) is 5.73 Å². The van der Waals surface area contributed by atoms with Crippen LogP contribution in [0.2, 0.25) is 0 Å². The van der Waals surface area contributed by atoms with E-state index in [0.717, 1.165) is 0 Å². The Kier molecular flexibility index (Phi) is 13.7. The molecule has 0 heterocycles. The monoisotopic (exact) mass is 664 g/mol. The number of amides is 1. The number of halogens is 13.